The van der Waals surface area contributed by atoms with Crippen molar-refractivity contribution in [3.8, 4) is 0 Å². The van der Waals surface area contributed by atoms with Gasteiger partial charge in [0, 0.05) is 0 Å². The summed E-state index contributed by atoms with van der Waals surface area (Å²) in [5.74, 6) is 0. The first-order chi connectivity index (χ1) is 4.42. The van der Waals surface area contributed by atoms with Gasteiger partial charge in [0.05, 0.1) is 0 Å². The average Bonchev–Trinajstić information content (AvgIpc) is 1.64. The van der Waals surface area contributed by atoms with Crippen molar-refractivity contribution >= 4 is 6.16 Å². The topological polar surface area (TPSA) is 46.5 Å². The molecule has 0 aromatic rings. The molecule has 0 aliphatic heterocycles. The Bertz CT molecular complexity index is 102. The number of ether oxygens (including phenoxy) is 1. The molecular formula is C7H14O3. The highest BCUT2D eigenvalue weighted by Crippen LogP contribution is 2.05. The van der Waals surface area contributed by atoms with E-state index in [2.05, 4.69) is 17.9 Å². The fourth-order valence-electron chi connectivity index (χ4n) is 0.262. The van der Waals surface area contributed by atoms with Crippen LogP contribution >= 0.6 is 0 Å². The van der Waals surface area contributed by atoms with Crippen molar-refractivity contribution in [3.63, 3.8) is 0 Å². The van der Waals surface area contributed by atoms with E-state index in [1.807, 2.05) is 0 Å². The smallest absolute Gasteiger partial charge is 0.450 e. The van der Waals surface area contributed by atoms with Crippen molar-refractivity contribution in [3.05, 3.63) is 13.2 Å². The first kappa shape index (κ1) is 11.8. The van der Waals surface area contributed by atoms with E-state index in [1.54, 1.807) is 20.8 Å². The minimum absolute atomic E-state index is 0.578. The van der Waals surface area contributed by atoms with Gasteiger partial charge in [-0.05, 0) is 20.8 Å². The molecular weight excluding hydrogens is 132 g/mol. The van der Waals surface area contributed by atoms with Crippen LogP contribution in [0.3, 0.4) is 0 Å². The molecule has 3 nitrogen and oxygen atoms in total. The van der Waals surface area contributed by atoms with Gasteiger partial charge in [-0.3, -0.25) is 0 Å². The molecule has 60 valence electrons. The van der Waals surface area contributed by atoms with Crippen molar-refractivity contribution in [2.24, 2.45) is 0 Å². The normalized spacial score (nSPS) is 9.10. The highest BCUT2D eigenvalue weighted by atomic mass is 16.7. The fourth-order valence-corrected chi connectivity index (χ4v) is 0.262. The standard InChI is InChI=1S/C5H10O3.C2H4/c1-5(2,3)8-4(6)7;1-2/h1-3H3,(H,6,7);1-2H2. The Morgan fingerprint density at radius 3 is 1.70 bits per heavy atom. The maximum atomic E-state index is 9.79. The summed E-state index contributed by atoms with van der Waals surface area (Å²) in [6.07, 6.45) is -1.22. The van der Waals surface area contributed by atoms with E-state index in [-0.39, 0.29) is 0 Å². The summed E-state index contributed by atoms with van der Waals surface area (Å²) in [5.41, 5.74) is -0.578. The summed E-state index contributed by atoms with van der Waals surface area (Å²) in [5, 5.41) is 8.03. The predicted octanol–water partition coefficient (Wildman–Crippen LogP) is 2.28. The largest absolute Gasteiger partial charge is 0.506 e. The van der Waals surface area contributed by atoms with E-state index in [4.69, 9.17) is 5.11 Å². The van der Waals surface area contributed by atoms with Gasteiger partial charge in [0.15, 0.2) is 0 Å². The molecule has 0 spiro atoms. The van der Waals surface area contributed by atoms with Gasteiger partial charge < -0.3 is 9.84 Å². The van der Waals surface area contributed by atoms with Crippen LogP contribution in [0, 0.1) is 0 Å². The second-order valence-electron chi connectivity index (χ2n) is 2.48. The molecule has 0 saturated carbocycles. The SMILES string of the molecule is C=C.CC(C)(C)OC(=O)O. The quantitative estimate of drug-likeness (QED) is 0.421. The number of carboxylic acid groups (broad SMARTS) is 1. The molecule has 0 saturated heterocycles. The van der Waals surface area contributed by atoms with Crippen LogP contribution in [-0.2, 0) is 4.74 Å². The summed E-state index contributed by atoms with van der Waals surface area (Å²) in [6.45, 7) is 11.0. The van der Waals surface area contributed by atoms with Crippen LogP contribution in [0.1, 0.15) is 20.8 Å². The van der Waals surface area contributed by atoms with Gasteiger partial charge in [-0.15, -0.1) is 13.2 Å². The van der Waals surface area contributed by atoms with Crippen molar-refractivity contribution < 1.29 is 14.6 Å². The van der Waals surface area contributed by atoms with Gasteiger partial charge in [-0.1, -0.05) is 0 Å². The molecule has 0 amide bonds. The molecule has 0 rings (SSSR count). The summed E-state index contributed by atoms with van der Waals surface area (Å²) in [4.78, 5) is 9.79. The van der Waals surface area contributed by atoms with Crippen molar-refractivity contribution in [1.29, 1.82) is 0 Å². The lowest BCUT2D eigenvalue weighted by molar-refractivity contribution is 0.0150. The molecule has 0 heterocycles. The molecule has 0 aliphatic carbocycles. The van der Waals surface area contributed by atoms with Crippen LogP contribution in [0.25, 0.3) is 0 Å². The summed E-state index contributed by atoms with van der Waals surface area (Å²) < 4.78 is 4.35. The van der Waals surface area contributed by atoms with Gasteiger partial charge in [-0.2, -0.15) is 0 Å². The van der Waals surface area contributed by atoms with Crippen LogP contribution in [-0.4, -0.2) is 16.9 Å². The van der Waals surface area contributed by atoms with Gasteiger partial charge in [0.25, 0.3) is 0 Å². The van der Waals surface area contributed by atoms with Crippen LogP contribution in [0.2, 0.25) is 0 Å². The third-order valence-corrected chi connectivity index (χ3v) is 0.393. The Morgan fingerprint density at radius 2 is 1.70 bits per heavy atom. The van der Waals surface area contributed by atoms with E-state index in [0.717, 1.165) is 0 Å². The molecule has 0 radical (unpaired) electrons. The molecule has 0 aromatic heterocycles. The monoisotopic (exact) mass is 146 g/mol. The number of hydrogen-bond acceptors (Lipinski definition) is 2. The molecule has 0 bridgehead atoms. The van der Waals surface area contributed by atoms with Crippen molar-refractivity contribution in [2.45, 2.75) is 26.4 Å². The molecule has 1 N–H and O–H groups in total. The Hall–Kier alpha value is -0.990. The minimum atomic E-state index is -1.22. The third kappa shape index (κ3) is 15.7. The van der Waals surface area contributed by atoms with Crippen molar-refractivity contribution in [1.82, 2.24) is 0 Å². The van der Waals surface area contributed by atoms with Crippen LogP contribution < -0.4 is 0 Å². The lowest BCUT2D eigenvalue weighted by Gasteiger charge is -2.15. The van der Waals surface area contributed by atoms with Gasteiger partial charge in [-0.25, -0.2) is 4.79 Å². The Kier molecular flexibility index (Phi) is 5.70. The second kappa shape index (κ2) is 4.85. The lowest BCUT2D eigenvalue weighted by atomic mass is 10.2. The minimum Gasteiger partial charge on any atom is -0.450 e. The van der Waals surface area contributed by atoms with Gasteiger partial charge in [0.1, 0.15) is 5.60 Å². The molecule has 0 aliphatic rings. The maximum absolute atomic E-state index is 9.79. The predicted molar refractivity (Wildman–Crippen MR) is 40.1 cm³/mol. The Morgan fingerprint density at radius 1 is 1.40 bits per heavy atom. The van der Waals surface area contributed by atoms with Crippen LogP contribution in [0.4, 0.5) is 4.79 Å². The zero-order chi connectivity index (χ0) is 8.78. The van der Waals surface area contributed by atoms with E-state index < -0.39 is 11.8 Å². The van der Waals surface area contributed by atoms with E-state index in [9.17, 15) is 4.79 Å². The maximum Gasteiger partial charge on any atom is 0.506 e. The Balaban J connectivity index is 0. The Labute approximate surface area is 61.3 Å². The highest BCUT2D eigenvalue weighted by Gasteiger charge is 2.13. The summed E-state index contributed by atoms with van der Waals surface area (Å²) in [6, 6.07) is 0. The third-order valence-electron chi connectivity index (χ3n) is 0.393. The first-order valence-electron chi connectivity index (χ1n) is 2.84. The fraction of sp³-hybridized carbons (Fsp3) is 0.571. The zero-order valence-electron chi connectivity index (χ0n) is 6.68. The van der Waals surface area contributed by atoms with Crippen LogP contribution in [0.15, 0.2) is 13.2 Å². The number of carbonyl (C=O) groups is 1. The molecule has 0 aromatic carbocycles. The molecule has 3 heteroatoms. The summed E-state index contributed by atoms with van der Waals surface area (Å²) in [7, 11) is 0. The van der Waals surface area contributed by atoms with E-state index in [1.165, 1.54) is 0 Å². The second-order valence-corrected chi connectivity index (χ2v) is 2.48. The van der Waals surface area contributed by atoms with Gasteiger partial charge >= 0.3 is 6.16 Å². The molecule has 0 unspecified atom stereocenters. The lowest BCUT2D eigenvalue weighted by Crippen LogP contribution is -2.22. The van der Waals surface area contributed by atoms with Gasteiger partial charge in [0.2, 0.25) is 0 Å². The van der Waals surface area contributed by atoms with E-state index >= 15 is 0 Å². The van der Waals surface area contributed by atoms with E-state index in [0.29, 0.717) is 0 Å². The van der Waals surface area contributed by atoms with Crippen LogP contribution in [0.5, 0.6) is 0 Å². The molecule has 0 atom stereocenters. The van der Waals surface area contributed by atoms with Crippen molar-refractivity contribution in [2.75, 3.05) is 0 Å². The zero-order valence-corrected chi connectivity index (χ0v) is 6.68. The number of hydrogen-bond donors (Lipinski definition) is 1. The number of rotatable bonds is 0. The highest BCUT2D eigenvalue weighted by molar-refractivity contribution is 5.57. The molecule has 0 fully saturated rings. The molecule has 10 heavy (non-hydrogen) atoms. The summed E-state index contributed by atoms with van der Waals surface area (Å²) >= 11 is 0. The average molecular weight is 146 g/mol. The first-order valence-corrected chi connectivity index (χ1v) is 2.84.